The number of nitro groups is 1. The molecule has 0 radical (unpaired) electrons. The Morgan fingerprint density at radius 1 is 0.833 bits per heavy atom. The molecule has 3 aromatic carbocycles. The van der Waals surface area contributed by atoms with Crippen LogP contribution in [-0.2, 0) is 0 Å². The highest BCUT2D eigenvalue weighted by molar-refractivity contribution is 5.79. The molecule has 0 heterocycles. The number of rotatable bonds is 5. The fourth-order valence-electron chi connectivity index (χ4n) is 2.29. The molecule has 0 amide bonds. The number of nitro benzene ring substituents is 1. The molecule has 0 aliphatic rings. The molecular weight excluding hydrogens is 302 g/mol. The lowest BCUT2D eigenvalue weighted by Gasteiger charge is -2.11. The van der Waals surface area contributed by atoms with Gasteiger partial charge in [-0.05, 0) is 17.7 Å². The van der Waals surface area contributed by atoms with Gasteiger partial charge in [0.2, 0.25) is 5.75 Å². The highest BCUT2D eigenvalue weighted by atomic mass is 16.6. The van der Waals surface area contributed by atoms with Crippen LogP contribution in [0.5, 0.6) is 5.75 Å². The third-order valence-electron chi connectivity index (χ3n) is 3.44. The van der Waals surface area contributed by atoms with Gasteiger partial charge in [-0.25, -0.2) is 0 Å². The topological polar surface area (TPSA) is 52.4 Å². The fraction of sp³-hybridized carbons (Fsp3) is 0. The van der Waals surface area contributed by atoms with E-state index in [1.807, 2.05) is 66.7 Å². The van der Waals surface area contributed by atoms with Crippen LogP contribution in [0.25, 0.3) is 11.8 Å². The van der Waals surface area contributed by atoms with Crippen molar-refractivity contribution in [2.45, 2.75) is 0 Å². The van der Waals surface area contributed by atoms with E-state index in [-0.39, 0.29) is 11.4 Å². The van der Waals surface area contributed by atoms with E-state index in [2.05, 4.69) is 0 Å². The highest BCUT2D eigenvalue weighted by Crippen LogP contribution is 2.31. The molecule has 0 unspecified atom stereocenters. The van der Waals surface area contributed by atoms with Crippen LogP contribution in [0.3, 0.4) is 0 Å². The predicted octanol–water partition coefficient (Wildman–Crippen LogP) is 5.17. The minimum absolute atomic E-state index is 0.0626. The smallest absolute Gasteiger partial charge is 0.311 e. The second-order valence-corrected chi connectivity index (χ2v) is 5.11. The second-order valence-electron chi connectivity index (χ2n) is 5.11. The first-order valence-corrected chi connectivity index (χ1v) is 7.47. The first-order chi connectivity index (χ1) is 11.7. The molecule has 0 fully saturated rings. The predicted molar refractivity (Wildman–Crippen MR) is 94.5 cm³/mol. The molecule has 0 saturated heterocycles. The quantitative estimate of drug-likeness (QED) is 0.282. The van der Waals surface area contributed by atoms with Crippen molar-refractivity contribution in [3.63, 3.8) is 0 Å². The average Bonchev–Trinajstić information content (AvgIpc) is 2.63. The van der Waals surface area contributed by atoms with Gasteiger partial charge in [-0.1, -0.05) is 72.8 Å². The summed E-state index contributed by atoms with van der Waals surface area (Å²) in [6.07, 6.45) is 1.87. The third-order valence-corrected chi connectivity index (χ3v) is 3.44. The number of ether oxygens (including phenoxy) is 1. The van der Waals surface area contributed by atoms with Crippen molar-refractivity contribution in [1.29, 1.82) is 0 Å². The molecule has 0 aliphatic carbocycles. The van der Waals surface area contributed by atoms with Crippen molar-refractivity contribution in [3.8, 4) is 5.75 Å². The lowest BCUT2D eigenvalue weighted by atomic mass is 10.1. The Balaban J connectivity index is 2.04. The summed E-state index contributed by atoms with van der Waals surface area (Å²) in [6, 6.07) is 25.6. The molecule has 0 spiro atoms. The van der Waals surface area contributed by atoms with Crippen molar-refractivity contribution in [2.75, 3.05) is 0 Å². The van der Waals surface area contributed by atoms with Gasteiger partial charge >= 0.3 is 5.69 Å². The molecule has 0 aliphatic heterocycles. The summed E-state index contributed by atoms with van der Waals surface area (Å²) in [7, 11) is 0. The number of para-hydroxylation sites is 2. The minimum Gasteiger partial charge on any atom is -0.449 e. The monoisotopic (exact) mass is 317 g/mol. The van der Waals surface area contributed by atoms with Crippen molar-refractivity contribution in [3.05, 3.63) is 106 Å². The molecule has 4 heteroatoms. The van der Waals surface area contributed by atoms with Crippen LogP contribution in [-0.4, -0.2) is 4.92 Å². The second kappa shape index (κ2) is 7.24. The van der Waals surface area contributed by atoms with Crippen molar-refractivity contribution >= 4 is 17.5 Å². The maximum atomic E-state index is 11.2. The highest BCUT2D eigenvalue weighted by Gasteiger charge is 2.16. The Kier molecular flexibility index (Phi) is 4.68. The van der Waals surface area contributed by atoms with Crippen molar-refractivity contribution < 1.29 is 9.66 Å². The lowest BCUT2D eigenvalue weighted by molar-refractivity contribution is -0.385. The van der Waals surface area contributed by atoms with E-state index in [0.29, 0.717) is 5.76 Å². The average molecular weight is 317 g/mol. The fourth-order valence-corrected chi connectivity index (χ4v) is 2.29. The zero-order valence-corrected chi connectivity index (χ0v) is 12.8. The Morgan fingerprint density at radius 2 is 1.42 bits per heavy atom. The molecule has 0 bridgehead atoms. The third kappa shape index (κ3) is 3.67. The van der Waals surface area contributed by atoms with Crippen LogP contribution in [0, 0.1) is 10.1 Å². The number of nitrogens with zero attached hydrogens (tertiary/aromatic N) is 1. The maximum absolute atomic E-state index is 11.2. The molecule has 3 aromatic rings. The van der Waals surface area contributed by atoms with E-state index < -0.39 is 4.92 Å². The van der Waals surface area contributed by atoms with E-state index in [9.17, 15) is 10.1 Å². The zero-order chi connectivity index (χ0) is 16.8. The van der Waals surface area contributed by atoms with Gasteiger partial charge in [-0.15, -0.1) is 0 Å². The van der Waals surface area contributed by atoms with Gasteiger partial charge in [0.1, 0.15) is 5.76 Å². The maximum Gasteiger partial charge on any atom is 0.311 e. The Bertz CT molecular complexity index is 858. The van der Waals surface area contributed by atoms with Gasteiger partial charge in [0.25, 0.3) is 0 Å². The standard InChI is InChI=1S/C20H15NO3/c22-21(23)18-13-7-8-14-19(18)24-20(17-11-5-2-6-12-17)15-16-9-3-1-4-10-16/h1-15H/b20-15-. The molecule has 0 aromatic heterocycles. The van der Waals surface area contributed by atoms with Gasteiger partial charge in [0.15, 0.2) is 0 Å². The molecular formula is C20H15NO3. The number of benzene rings is 3. The summed E-state index contributed by atoms with van der Waals surface area (Å²) in [5.74, 6) is 0.768. The molecule has 24 heavy (non-hydrogen) atoms. The summed E-state index contributed by atoms with van der Waals surface area (Å²) < 4.78 is 5.92. The normalized spacial score (nSPS) is 11.1. The molecule has 3 rings (SSSR count). The molecule has 0 saturated carbocycles. The first-order valence-electron chi connectivity index (χ1n) is 7.47. The van der Waals surface area contributed by atoms with E-state index >= 15 is 0 Å². The van der Waals surface area contributed by atoms with Crippen LogP contribution >= 0.6 is 0 Å². The first kappa shape index (κ1) is 15.5. The number of hydrogen-bond donors (Lipinski definition) is 0. The Labute approximate surface area is 139 Å². The van der Waals surface area contributed by atoms with Crippen molar-refractivity contribution in [2.24, 2.45) is 0 Å². The summed E-state index contributed by atoms with van der Waals surface area (Å²) in [4.78, 5) is 10.8. The largest absolute Gasteiger partial charge is 0.449 e. The van der Waals surface area contributed by atoms with Crippen LogP contribution in [0.15, 0.2) is 84.9 Å². The molecule has 118 valence electrons. The molecule has 4 nitrogen and oxygen atoms in total. The van der Waals surface area contributed by atoms with Gasteiger partial charge < -0.3 is 4.74 Å². The Hall–Kier alpha value is -3.40. The minimum atomic E-state index is -0.444. The molecule has 0 atom stereocenters. The summed E-state index contributed by atoms with van der Waals surface area (Å²) in [6.45, 7) is 0. The lowest BCUT2D eigenvalue weighted by Crippen LogP contribution is -1.98. The summed E-state index contributed by atoms with van der Waals surface area (Å²) in [5.41, 5.74) is 1.74. The van der Waals surface area contributed by atoms with Crippen LogP contribution in [0.4, 0.5) is 5.69 Å². The van der Waals surface area contributed by atoms with Gasteiger partial charge in [-0.2, -0.15) is 0 Å². The number of hydrogen-bond acceptors (Lipinski definition) is 3. The SMILES string of the molecule is O=[N+]([O-])c1ccccc1O/C(=C\c1ccccc1)c1ccccc1. The van der Waals surface area contributed by atoms with Crippen molar-refractivity contribution in [1.82, 2.24) is 0 Å². The van der Waals surface area contributed by atoms with Crippen LogP contribution in [0.1, 0.15) is 11.1 Å². The molecule has 0 N–H and O–H groups in total. The van der Waals surface area contributed by atoms with Crippen LogP contribution < -0.4 is 4.74 Å². The zero-order valence-electron chi connectivity index (χ0n) is 12.8. The van der Waals surface area contributed by atoms with E-state index in [1.54, 1.807) is 18.2 Å². The van der Waals surface area contributed by atoms with E-state index in [1.165, 1.54) is 6.07 Å². The van der Waals surface area contributed by atoms with Crippen LogP contribution in [0.2, 0.25) is 0 Å². The van der Waals surface area contributed by atoms with Gasteiger partial charge in [0.05, 0.1) is 4.92 Å². The Morgan fingerprint density at radius 3 is 2.08 bits per heavy atom. The summed E-state index contributed by atoms with van der Waals surface area (Å²) >= 11 is 0. The summed E-state index contributed by atoms with van der Waals surface area (Å²) in [5, 5.41) is 11.2. The van der Waals surface area contributed by atoms with E-state index in [4.69, 9.17) is 4.74 Å². The van der Waals surface area contributed by atoms with Gasteiger partial charge in [0, 0.05) is 11.6 Å². The van der Waals surface area contributed by atoms with Gasteiger partial charge in [-0.3, -0.25) is 10.1 Å². The van der Waals surface area contributed by atoms with E-state index in [0.717, 1.165) is 11.1 Å².